The normalized spacial score (nSPS) is 14.5. The van der Waals surface area contributed by atoms with Crippen molar-refractivity contribution in [3.63, 3.8) is 0 Å². The van der Waals surface area contributed by atoms with Crippen LogP contribution in [0.1, 0.15) is 30.8 Å². The van der Waals surface area contributed by atoms with Crippen LogP contribution in [0.5, 0.6) is 11.5 Å². The summed E-state index contributed by atoms with van der Waals surface area (Å²) in [6, 6.07) is 9.29. The van der Waals surface area contributed by atoms with E-state index < -0.39 is 5.97 Å². The number of hydrogen-bond donors (Lipinski definition) is 0. The van der Waals surface area contributed by atoms with Crippen molar-refractivity contribution >= 4 is 23.6 Å². The van der Waals surface area contributed by atoms with Crippen molar-refractivity contribution in [2.75, 3.05) is 18.3 Å². The molecule has 0 bridgehead atoms. The zero-order valence-corrected chi connectivity index (χ0v) is 16.1. The molecule has 2 aromatic rings. The minimum Gasteiger partial charge on any atom is -0.462 e. The minimum atomic E-state index is -0.659. The predicted octanol–water partition coefficient (Wildman–Crippen LogP) is 2.60. The van der Waals surface area contributed by atoms with Crippen LogP contribution >= 0.6 is 0 Å². The Kier molecular flexibility index (Phi) is 4.72. The van der Waals surface area contributed by atoms with Gasteiger partial charge < -0.3 is 23.7 Å². The molecule has 8 heteroatoms. The lowest BCUT2D eigenvalue weighted by Crippen LogP contribution is -2.27. The van der Waals surface area contributed by atoms with Crippen molar-refractivity contribution in [1.82, 2.24) is 4.57 Å². The largest absolute Gasteiger partial charge is 0.462 e. The smallest absolute Gasteiger partial charge is 0.348 e. The Hall–Kier alpha value is -3.73. The van der Waals surface area contributed by atoms with E-state index in [-0.39, 0.29) is 24.9 Å². The predicted molar refractivity (Wildman–Crippen MR) is 103 cm³/mol. The summed E-state index contributed by atoms with van der Waals surface area (Å²) < 4.78 is 17.9. The Morgan fingerprint density at radius 1 is 1.24 bits per heavy atom. The molecule has 1 amide bonds. The number of carbonyl (C=O) groups excluding carboxylic acids is 2. The van der Waals surface area contributed by atoms with E-state index >= 15 is 0 Å². The van der Waals surface area contributed by atoms with E-state index in [2.05, 4.69) is 0 Å². The van der Waals surface area contributed by atoms with Crippen LogP contribution in [-0.4, -0.2) is 29.8 Å². The van der Waals surface area contributed by atoms with E-state index in [4.69, 9.17) is 14.2 Å². The van der Waals surface area contributed by atoms with Gasteiger partial charge in [0.1, 0.15) is 11.6 Å². The second-order valence-corrected chi connectivity index (χ2v) is 6.67. The minimum absolute atomic E-state index is 0.0775. The van der Waals surface area contributed by atoms with Crippen LogP contribution in [0.3, 0.4) is 0 Å². The lowest BCUT2D eigenvalue weighted by Gasteiger charge is -2.21. The molecule has 29 heavy (non-hydrogen) atoms. The molecular formula is C21H19N3O5. The number of ether oxygens (including phenoxy) is 3. The molecule has 2 aliphatic rings. The second kappa shape index (κ2) is 7.36. The molecule has 2 aliphatic heterocycles. The third-order valence-corrected chi connectivity index (χ3v) is 4.91. The quantitative estimate of drug-likeness (QED) is 0.452. The van der Waals surface area contributed by atoms with Crippen molar-refractivity contribution in [2.24, 2.45) is 0 Å². The molecule has 3 heterocycles. The van der Waals surface area contributed by atoms with Crippen LogP contribution in [0.2, 0.25) is 0 Å². The van der Waals surface area contributed by atoms with Crippen molar-refractivity contribution in [2.45, 2.75) is 26.9 Å². The Labute approximate surface area is 167 Å². The maximum atomic E-state index is 12.3. The summed E-state index contributed by atoms with van der Waals surface area (Å²) in [7, 11) is 0. The van der Waals surface area contributed by atoms with Gasteiger partial charge in [0.25, 0.3) is 0 Å². The molecule has 0 radical (unpaired) electrons. The Balaban J connectivity index is 1.80. The highest BCUT2D eigenvalue weighted by Crippen LogP contribution is 2.41. The number of nitrogens with zero attached hydrogens (tertiary/aromatic N) is 3. The number of aromatic nitrogens is 1. The summed E-state index contributed by atoms with van der Waals surface area (Å²) in [5.74, 6) is 0.481. The fourth-order valence-electron chi connectivity index (χ4n) is 3.53. The molecule has 4 rings (SSSR count). The number of anilines is 1. The number of amides is 1. The summed E-state index contributed by atoms with van der Waals surface area (Å²) in [6.45, 7) is 4.35. The van der Waals surface area contributed by atoms with Crippen molar-refractivity contribution < 1.29 is 23.8 Å². The summed E-state index contributed by atoms with van der Waals surface area (Å²) in [5, 5.41) is 9.35. The molecule has 0 spiro atoms. The molecule has 0 unspecified atom stereocenters. The molecule has 1 aromatic carbocycles. The maximum Gasteiger partial charge on any atom is 0.348 e. The van der Waals surface area contributed by atoms with Crippen LogP contribution in [0.4, 0.5) is 5.69 Å². The van der Waals surface area contributed by atoms with Gasteiger partial charge in [0.05, 0.1) is 25.4 Å². The fourth-order valence-corrected chi connectivity index (χ4v) is 3.53. The lowest BCUT2D eigenvalue weighted by atomic mass is 10.1. The molecule has 1 aromatic heterocycles. The Morgan fingerprint density at radius 2 is 2.00 bits per heavy atom. The van der Waals surface area contributed by atoms with Gasteiger partial charge in [-0.25, -0.2) is 4.79 Å². The molecule has 0 aliphatic carbocycles. The number of carbonyl (C=O) groups is 2. The highest BCUT2D eigenvalue weighted by molar-refractivity contribution is 5.98. The zero-order chi connectivity index (χ0) is 20.5. The van der Waals surface area contributed by atoms with Crippen molar-refractivity contribution in [1.29, 1.82) is 5.26 Å². The zero-order valence-electron chi connectivity index (χ0n) is 16.1. The van der Waals surface area contributed by atoms with Crippen LogP contribution in [0, 0.1) is 11.3 Å². The molecule has 0 N–H and O–H groups in total. The third-order valence-electron chi connectivity index (χ3n) is 4.91. The topological polar surface area (TPSA) is 93.8 Å². The molecule has 8 nitrogen and oxygen atoms in total. The van der Waals surface area contributed by atoms with Gasteiger partial charge in [0, 0.05) is 24.4 Å². The van der Waals surface area contributed by atoms with Gasteiger partial charge in [-0.15, -0.1) is 0 Å². The van der Waals surface area contributed by atoms with Crippen LogP contribution < -0.4 is 14.4 Å². The van der Waals surface area contributed by atoms with Gasteiger partial charge in [0.15, 0.2) is 11.5 Å². The van der Waals surface area contributed by atoms with E-state index in [1.165, 1.54) is 13.0 Å². The summed E-state index contributed by atoms with van der Waals surface area (Å²) in [4.78, 5) is 26.0. The van der Waals surface area contributed by atoms with Crippen molar-refractivity contribution in [3.05, 3.63) is 46.8 Å². The summed E-state index contributed by atoms with van der Waals surface area (Å²) in [5.41, 5.74) is 3.12. The van der Waals surface area contributed by atoms with E-state index in [1.54, 1.807) is 11.8 Å². The van der Waals surface area contributed by atoms with Crippen LogP contribution in [-0.2, 0) is 27.4 Å². The number of esters is 1. The van der Waals surface area contributed by atoms with Crippen molar-refractivity contribution in [3.8, 4) is 17.6 Å². The van der Waals surface area contributed by atoms with E-state index in [0.717, 1.165) is 16.9 Å². The number of benzene rings is 1. The van der Waals surface area contributed by atoms with Crippen LogP contribution in [0.15, 0.2) is 29.8 Å². The third kappa shape index (κ3) is 3.31. The molecule has 0 atom stereocenters. The van der Waals surface area contributed by atoms with E-state index in [0.29, 0.717) is 30.3 Å². The highest BCUT2D eigenvalue weighted by atomic mass is 16.7. The number of nitriles is 1. The Morgan fingerprint density at radius 3 is 2.69 bits per heavy atom. The lowest BCUT2D eigenvalue weighted by molar-refractivity contribution is -0.137. The Bertz CT molecular complexity index is 1080. The monoisotopic (exact) mass is 393 g/mol. The SMILES string of the molecule is CCOC(=O)/C(C#N)=C\c1ccc2n1Cc1cc3c(cc1N(C(C)=O)C2)OCO3. The van der Waals surface area contributed by atoms with Crippen LogP contribution in [0.25, 0.3) is 6.08 Å². The maximum absolute atomic E-state index is 12.3. The van der Waals surface area contributed by atoms with Gasteiger partial charge in [-0.2, -0.15) is 5.26 Å². The van der Waals surface area contributed by atoms with Gasteiger partial charge in [-0.1, -0.05) is 0 Å². The molecule has 148 valence electrons. The average molecular weight is 393 g/mol. The first kappa shape index (κ1) is 18.6. The number of hydrogen-bond acceptors (Lipinski definition) is 6. The summed E-state index contributed by atoms with van der Waals surface area (Å²) >= 11 is 0. The van der Waals surface area contributed by atoms with E-state index in [1.807, 2.05) is 34.9 Å². The van der Waals surface area contributed by atoms with E-state index in [9.17, 15) is 14.9 Å². The average Bonchev–Trinajstić information content (AvgIpc) is 3.26. The van der Waals surface area contributed by atoms with Gasteiger partial charge in [-0.3, -0.25) is 4.79 Å². The fraction of sp³-hybridized carbons (Fsp3) is 0.286. The first-order chi connectivity index (χ1) is 14.0. The standard InChI is InChI=1S/C21H19N3O5/c1-3-27-21(26)14(9-22)6-16-4-5-17-11-23(13(2)25)18-8-20-19(28-12-29-20)7-15(18)10-24(16)17/h4-8H,3,10-12H2,1-2H3/b14-6-. The first-order valence-electron chi connectivity index (χ1n) is 9.19. The summed E-state index contributed by atoms with van der Waals surface area (Å²) in [6.07, 6.45) is 1.51. The van der Waals surface area contributed by atoms with Gasteiger partial charge in [0.2, 0.25) is 12.7 Å². The molecule has 0 fully saturated rings. The molecular weight excluding hydrogens is 374 g/mol. The second-order valence-electron chi connectivity index (χ2n) is 6.67. The molecule has 0 saturated heterocycles. The van der Waals surface area contributed by atoms with Gasteiger partial charge in [-0.05, 0) is 36.8 Å². The number of fused-ring (bicyclic) bond motifs is 3. The first-order valence-corrected chi connectivity index (χ1v) is 9.19. The number of rotatable bonds is 3. The highest BCUT2D eigenvalue weighted by Gasteiger charge is 2.27. The molecule has 0 saturated carbocycles. The van der Waals surface area contributed by atoms with Gasteiger partial charge >= 0.3 is 5.97 Å².